The van der Waals surface area contributed by atoms with Gasteiger partial charge in [-0.15, -0.1) is 0 Å². The Morgan fingerprint density at radius 2 is 1.83 bits per heavy atom. The van der Waals surface area contributed by atoms with Gasteiger partial charge in [0.05, 0.1) is 0 Å². The molecule has 0 radical (unpaired) electrons. The molecule has 0 bridgehead atoms. The first-order valence-corrected chi connectivity index (χ1v) is 3.58. The van der Waals surface area contributed by atoms with Gasteiger partial charge in [0.25, 0.3) is 0 Å². The number of aliphatic hydroxyl groups is 1. The SMILES string of the molecule is Cc1ccc([C@H](O)C(=O)O)cc1. The van der Waals surface area contributed by atoms with Crippen LogP contribution >= 0.6 is 0 Å². The Morgan fingerprint density at radius 3 is 2.25 bits per heavy atom. The highest BCUT2D eigenvalue weighted by atomic mass is 16.4. The van der Waals surface area contributed by atoms with Crippen LogP contribution in [0.1, 0.15) is 17.2 Å². The maximum absolute atomic E-state index is 10.3. The number of hydrogen-bond acceptors (Lipinski definition) is 2. The molecule has 2 N–H and O–H groups in total. The molecule has 0 aliphatic heterocycles. The summed E-state index contributed by atoms with van der Waals surface area (Å²) in [6.07, 6.45) is -1.41. The smallest absolute Gasteiger partial charge is 0.337 e. The lowest BCUT2D eigenvalue weighted by Gasteiger charge is -2.04. The summed E-state index contributed by atoms with van der Waals surface area (Å²) >= 11 is 0. The van der Waals surface area contributed by atoms with Crippen molar-refractivity contribution >= 4 is 5.97 Å². The number of carboxylic acid groups (broad SMARTS) is 1. The summed E-state index contributed by atoms with van der Waals surface area (Å²) in [5.41, 5.74) is 1.45. The Hall–Kier alpha value is -1.35. The summed E-state index contributed by atoms with van der Waals surface area (Å²) in [6, 6.07) is 6.74. The van der Waals surface area contributed by atoms with Gasteiger partial charge in [-0.2, -0.15) is 0 Å². The maximum atomic E-state index is 10.3. The third-order valence-corrected chi connectivity index (χ3v) is 1.63. The van der Waals surface area contributed by atoms with Gasteiger partial charge in [0.2, 0.25) is 0 Å². The van der Waals surface area contributed by atoms with E-state index in [4.69, 9.17) is 10.2 Å². The first-order chi connectivity index (χ1) is 5.61. The Morgan fingerprint density at radius 1 is 1.33 bits per heavy atom. The normalized spacial score (nSPS) is 12.5. The highest BCUT2D eigenvalue weighted by Crippen LogP contribution is 2.13. The zero-order chi connectivity index (χ0) is 9.14. The number of aliphatic hydroxyl groups excluding tert-OH is 1. The molecule has 0 aliphatic carbocycles. The van der Waals surface area contributed by atoms with E-state index in [1.165, 1.54) is 0 Å². The van der Waals surface area contributed by atoms with Gasteiger partial charge in [0.15, 0.2) is 6.10 Å². The minimum atomic E-state index is -1.41. The number of rotatable bonds is 2. The van der Waals surface area contributed by atoms with Crippen LogP contribution < -0.4 is 0 Å². The van der Waals surface area contributed by atoms with Crippen molar-refractivity contribution < 1.29 is 15.0 Å². The van der Waals surface area contributed by atoms with Crippen molar-refractivity contribution in [3.8, 4) is 0 Å². The number of benzene rings is 1. The minimum Gasteiger partial charge on any atom is -0.479 e. The Balaban J connectivity index is 2.89. The average molecular weight is 166 g/mol. The molecule has 1 rings (SSSR count). The van der Waals surface area contributed by atoms with Crippen LogP contribution in [-0.4, -0.2) is 16.2 Å². The Labute approximate surface area is 70.3 Å². The third-order valence-electron chi connectivity index (χ3n) is 1.63. The predicted molar refractivity (Wildman–Crippen MR) is 43.8 cm³/mol. The minimum absolute atomic E-state index is 0.410. The largest absolute Gasteiger partial charge is 0.479 e. The van der Waals surface area contributed by atoms with Crippen LogP contribution in [0.15, 0.2) is 24.3 Å². The third kappa shape index (κ3) is 1.83. The van der Waals surface area contributed by atoms with Gasteiger partial charge >= 0.3 is 5.97 Å². The number of aryl methyl sites for hydroxylation is 1. The molecule has 0 saturated carbocycles. The van der Waals surface area contributed by atoms with E-state index in [1.54, 1.807) is 24.3 Å². The lowest BCUT2D eigenvalue weighted by atomic mass is 10.1. The molecule has 0 saturated heterocycles. The van der Waals surface area contributed by atoms with Gasteiger partial charge < -0.3 is 10.2 Å². The summed E-state index contributed by atoms with van der Waals surface area (Å²) < 4.78 is 0. The molecule has 12 heavy (non-hydrogen) atoms. The van der Waals surface area contributed by atoms with Crippen molar-refractivity contribution in [3.05, 3.63) is 35.4 Å². The van der Waals surface area contributed by atoms with Crippen LogP contribution in [0.4, 0.5) is 0 Å². The van der Waals surface area contributed by atoms with E-state index in [2.05, 4.69) is 0 Å². The predicted octanol–water partition coefficient (Wildman–Crippen LogP) is 1.11. The number of hydrogen-bond donors (Lipinski definition) is 2. The fourth-order valence-electron chi connectivity index (χ4n) is 0.891. The molecular formula is C9H10O3. The molecule has 0 aliphatic rings. The second-order valence-corrected chi connectivity index (χ2v) is 2.65. The van der Waals surface area contributed by atoms with E-state index in [0.717, 1.165) is 5.56 Å². The lowest BCUT2D eigenvalue weighted by molar-refractivity contribution is -0.146. The van der Waals surface area contributed by atoms with Gasteiger partial charge in [-0.05, 0) is 12.5 Å². The number of carbonyl (C=O) groups is 1. The first-order valence-electron chi connectivity index (χ1n) is 3.58. The van der Waals surface area contributed by atoms with E-state index in [-0.39, 0.29) is 0 Å². The van der Waals surface area contributed by atoms with Crippen LogP contribution in [0, 0.1) is 6.92 Å². The van der Waals surface area contributed by atoms with Crippen molar-refractivity contribution in [1.82, 2.24) is 0 Å². The molecule has 3 nitrogen and oxygen atoms in total. The van der Waals surface area contributed by atoms with Gasteiger partial charge in [-0.3, -0.25) is 0 Å². The van der Waals surface area contributed by atoms with Crippen LogP contribution in [0.25, 0.3) is 0 Å². The highest BCUT2D eigenvalue weighted by Gasteiger charge is 2.14. The highest BCUT2D eigenvalue weighted by molar-refractivity contribution is 5.73. The summed E-state index contributed by atoms with van der Waals surface area (Å²) in [4.78, 5) is 10.3. The van der Waals surface area contributed by atoms with Crippen molar-refractivity contribution in [2.75, 3.05) is 0 Å². The molecule has 1 aromatic carbocycles. The second kappa shape index (κ2) is 3.36. The second-order valence-electron chi connectivity index (χ2n) is 2.65. The molecule has 1 atom stereocenters. The molecule has 0 amide bonds. The molecule has 3 heteroatoms. The molecule has 0 spiro atoms. The van der Waals surface area contributed by atoms with E-state index >= 15 is 0 Å². The molecule has 64 valence electrons. The van der Waals surface area contributed by atoms with E-state index in [1.807, 2.05) is 6.92 Å². The van der Waals surface area contributed by atoms with Crippen LogP contribution in [0.5, 0.6) is 0 Å². The lowest BCUT2D eigenvalue weighted by Crippen LogP contribution is -2.09. The summed E-state index contributed by atoms with van der Waals surface area (Å²) in [5, 5.41) is 17.5. The topological polar surface area (TPSA) is 57.5 Å². The standard InChI is InChI=1S/C9H10O3/c1-6-2-4-7(5-3-6)8(10)9(11)12/h2-5,8,10H,1H3,(H,11,12)/t8-/m0/s1. The zero-order valence-electron chi connectivity index (χ0n) is 6.69. The molecular weight excluding hydrogens is 156 g/mol. The van der Waals surface area contributed by atoms with E-state index in [0.29, 0.717) is 5.56 Å². The number of aliphatic carboxylic acids is 1. The molecule has 1 aromatic rings. The van der Waals surface area contributed by atoms with Gasteiger partial charge in [0, 0.05) is 0 Å². The Bertz CT molecular complexity index is 276. The van der Waals surface area contributed by atoms with Crippen LogP contribution in [0.2, 0.25) is 0 Å². The summed E-state index contributed by atoms with van der Waals surface area (Å²) in [6.45, 7) is 1.90. The Kier molecular flexibility index (Phi) is 2.45. The van der Waals surface area contributed by atoms with Gasteiger partial charge in [-0.1, -0.05) is 29.8 Å². The van der Waals surface area contributed by atoms with Crippen molar-refractivity contribution in [2.24, 2.45) is 0 Å². The monoisotopic (exact) mass is 166 g/mol. The summed E-state index contributed by atoms with van der Waals surface area (Å²) in [5.74, 6) is -1.22. The van der Waals surface area contributed by atoms with Crippen molar-refractivity contribution in [2.45, 2.75) is 13.0 Å². The quantitative estimate of drug-likeness (QED) is 0.692. The van der Waals surface area contributed by atoms with E-state index < -0.39 is 12.1 Å². The fraction of sp³-hybridized carbons (Fsp3) is 0.222. The molecule has 0 unspecified atom stereocenters. The van der Waals surface area contributed by atoms with Gasteiger partial charge in [-0.25, -0.2) is 4.79 Å². The molecule has 0 aromatic heterocycles. The maximum Gasteiger partial charge on any atom is 0.337 e. The molecule has 0 heterocycles. The van der Waals surface area contributed by atoms with Crippen molar-refractivity contribution in [3.63, 3.8) is 0 Å². The van der Waals surface area contributed by atoms with Crippen molar-refractivity contribution in [1.29, 1.82) is 0 Å². The van der Waals surface area contributed by atoms with E-state index in [9.17, 15) is 4.79 Å². The first kappa shape index (κ1) is 8.74. The zero-order valence-corrected chi connectivity index (χ0v) is 6.69. The van der Waals surface area contributed by atoms with Gasteiger partial charge in [0.1, 0.15) is 0 Å². The fourth-order valence-corrected chi connectivity index (χ4v) is 0.891. The molecule has 0 fully saturated rings. The van der Waals surface area contributed by atoms with Crippen LogP contribution in [-0.2, 0) is 4.79 Å². The number of carboxylic acids is 1. The average Bonchev–Trinajstić information content (AvgIpc) is 2.04. The van der Waals surface area contributed by atoms with Crippen LogP contribution in [0.3, 0.4) is 0 Å². The summed E-state index contributed by atoms with van der Waals surface area (Å²) in [7, 11) is 0.